The fourth-order valence-corrected chi connectivity index (χ4v) is 5.45. The number of carbonyl (C=O) groups excluding carboxylic acids is 1. The zero-order valence-corrected chi connectivity index (χ0v) is 20.9. The minimum atomic E-state index is -4.79. The molecule has 0 radical (unpaired) electrons. The number of amides is 1. The second kappa shape index (κ2) is 10.5. The van der Waals surface area contributed by atoms with Crippen LogP contribution in [0.15, 0.2) is 41.3 Å². The zero-order valence-electron chi connectivity index (χ0n) is 20.1. The van der Waals surface area contributed by atoms with Gasteiger partial charge in [0, 0.05) is 50.6 Å². The maximum absolute atomic E-state index is 14.1. The van der Waals surface area contributed by atoms with Crippen molar-refractivity contribution in [2.24, 2.45) is 0 Å². The Morgan fingerprint density at radius 2 is 1.73 bits per heavy atom. The van der Waals surface area contributed by atoms with E-state index in [1.165, 1.54) is 30.1 Å². The molecule has 0 spiro atoms. The van der Waals surface area contributed by atoms with Gasteiger partial charge in [0.05, 0.1) is 22.1 Å². The molecule has 2 aromatic carbocycles. The summed E-state index contributed by atoms with van der Waals surface area (Å²) in [6, 6.07) is 7.05. The molecule has 1 atom stereocenters. The molecule has 0 bridgehead atoms. The number of anilines is 2. The number of halogens is 4. The zero-order chi connectivity index (χ0) is 27.0. The summed E-state index contributed by atoms with van der Waals surface area (Å²) in [6.45, 7) is 1.82. The molecule has 202 valence electrons. The van der Waals surface area contributed by atoms with Crippen LogP contribution in [0.3, 0.4) is 0 Å². The second-order valence-corrected chi connectivity index (χ2v) is 11.0. The van der Waals surface area contributed by atoms with Crippen molar-refractivity contribution in [3.63, 3.8) is 0 Å². The van der Waals surface area contributed by atoms with Crippen molar-refractivity contribution in [3.05, 3.63) is 53.3 Å². The third-order valence-corrected chi connectivity index (χ3v) is 8.12. The molecule has 2 aromatic rings. The van der Waals surface area contributed by atoms with Crippen LogP contribution in [-0.4, -0.2) is 76.8 Å². The summed E-state index contributed by atoms with van der Waals surface area (Å²) < 4.78 is 79.7. The molecular weight excluding hydrogens is 516 g/mol. The van der Waals surface area contributed by atoms with Crippen molar-refractivity contribution >= 4 is 27.3 Å². The Balaban J connectivity index is 1.56. The van der Waals surface area contributed by atoms with Gasteiger partial charge in [0.2, 0.25) is 10.0 Å². The predicted octanol–water partition coefficient (Wildman–Crippen LogP) is 2.68. The highest BCUT2D eigenvalue weighted by molar-refractivity contribution is 7.89. The Bertz CT molecular complexity index is 1260. The number of sulfonamides is 1. The summed E-state index contributed by atoms with van der Waals surface area (Å²) in [5, 5.41) is 10.1. The van der Waals surface area contributed by atoms with E-state index >= 15 is 0 Å². The molecule has 0 saturated carbocycles. The molecule has 2 aliphatic rings. The molecule has 4 rings (SSSR count). The first-order valence-corrected chi connectivity index (χ1v) is 13.3. The maximum atomic E-state index is 14.1. The van der Waals surface area contributed by atoms with E-state index in [-0.39, 0.29) is 42.3 Å². The van der Waals surface area contributed by atoms with Gasteiger partial charge < -0.3 is 19.8 Å². The Morgan fingerprint density at radius 3 is 2.32 bits per heavy atom. The Hall–Kier alpha value is -2.90. The number of piperidine rings is 1. The number of nitrogens with zero attached hydrogens (tertiary/aromatic N) is 3. The Morgan fingerprint density at radius 1 is 1.03 bits per heavy atom. The molecule has 2 fully saturated rings. The molecule has 0 aromatic heterocycles. The number of β-amino-alcohol motifs (C(OH)–C–C–N with tert-alkyl or cyclic N) is 1. The molecule has 2 N–H and O–H groups in total. The molecule has 2 saturated heterocycles. The number of rotatable bonds is 5. The highest BCUT2D eigenvalue weighted by Gasteiger charge is 2.35. The number of hydrogen-bond acceptors (Lipinski definition) is 6. The van der Waals surface area contributed by atoms with Crippen molar-refractivity contribution in [1.82, 2.24) is 9.62 Å². The quantitative estimate of drug-likeness (QED) is 0.563. The van der Waals surface area contributed by atoms with Gasteiger partial charge in [-0.1, -0.05) is 0 Å². The summed E-state index contributed by atoms with van der Waals surface area (Å²) in [5.41, 5.74) is -0.356. The lowest BCUT2D eigenvalue weighted by molar-refractivity contribution is -0.139. The average Bonchev–Trinajstić information content (AvgIpc) is 2.87. The lowest BCUT2D eigenvalue weighted by atomic mass is 10.0. The lowest BCUT2D eigenvalue weighted by Crippen LogP contribution is -2.49. The van der Waals surface area contributed by atoms with E-state index in [9.17, 15) is 35.9 Å². The normalized spacial score (nSPS) is 19.3. The van der Waals surface area contributed by atoms with Gasteiger partial charge >= 0.3 is 6.18 Å². The summed E-state index contributed by atoms with van der Waals surface area (Å²) in [7, 11) is -2.55. The molecule has 1 unspecified atom stereocenters. The van der Waals surface area contributed by atoms with E-state index in [1.807, 2.05) is 4.90 Å². The van der Waals surface area contributed by atoms with Gasteiger partial charge in [-0.05, 0) is 56.3 Å². The van der Waals surface area contributed by atoms with Crippen molar-refractivity contribution in [2.45, 2.75) is 30.0 Å². The maximum Gasteiger partial charge on any atom is 0.419 e. The predicted molar refractivity (Wildman–Crippen MR) is 130 cm³/mol. The molecular formula is C24H28F4N4O4S. The van der Waals surface area contributed by atoms with E-state index in [4.69, 9.17) is 0 Å². The van der Waals surface area contributed by atoms with Gasteiger partial charge in [0.25, 0.3) is 5.91 Å². The summed E-state index contributed by atoms with van der Waals surface area (Å²) in [4.78, 5) is 18.6. The Labute approximate surface area is 212 Å². The highest BCUT2D eigenvalue weighted by Crippen LogP contribution is 2.34. The first kappa shape index (κ1) is 27.1. The van der Waals surface area contributed by atoms with Crippen LogP contribution in [0.25, 0.3) is 0 Å². The summed E-state index contributed by atoms with van der Waals surface area (Å²) in [5.74, 6) is -1.76. The molecule has 0 aliphatic carbocycles. The molecule has 13 heteroatoms. The number of piperazine rings is 1. The van der Waals surface area contributed by atoms with Gasteiger partial charge in [-0.15, -0.1) is 0 Å². The molecule has 8 nitrogen and oxygen atoms in total. The smallest absolute Gasteiger partial charge is 0.391 e. The second-order valence-electron chi connectivity index (χ2n) is 9.07. The van der Waals surface area contributed by atoms with E-state index in [0.29, 0.717) is 37.7 Å². The topological polar surface area (TPSA) is 93.2 Å². The van der Waals surface area contributed by atoms with Gasteiger partial charge in [0.1, 0.15) is 5.82 Å². The van der Waals surface area contributed by atoms with Gasteiger partial charge in [-0.2, -0.15) is 13.2 Å². The number of nitrogens with one attached hydrogen (secondary N) is 1. The molecule has 1 amide bonds. The van der Waals surface area contributed by atoms with E-state index in [2.05, 4.69) is 4.72 Å². The lowest BCUT2D eigenvalue weighted by Gasteiger charge is -2.38. The summed E-state index contributed by atoms with van der Waals surface area (Å²) >= 11 is 0. The molecule has 2 aliphatic heterocycles. The number of carbonyl (C=O) groups is 1. The van der Waals surface area contributed by atoms with Gasteiger partial charge in [0.15, 0.2) is 0 Å². The van der Waals surface area contributed by atoms with Crippen LogP contribution in [-0.2, 0) is 16.2 Å². The third kappa shape index (κ3) is 5.83. The number of alkyl halides is 3. The van der Waals surface area contributed by atoms with Gasteiger partial charge in [-0.25, -0.2) is 17.5 Å². The number of aliphatic hydroxyl groups is 1. The van der Waals surface area contributed by atoms with E-state index in [0.717, 1.165) is 6.07 Å². The van der Waals surface area contributed by atoms with E-state index < -0.39 is 39.6 Å². The van der Waals surface area contributed by atoms with Crippen LogP contribution < -0.4 is 14.5 Å². The van der Waals surface area contributed by atoms with Crippen LogP contribution in [0.1, 0.15) is 28.8 Å². The average molecular weight is 545 g/mol. The standard InChI is InChI=1S/C24H28F4N4O4S/c1-29-37(35,36)18-5-7-22(32-8-2-3-17(33)15-32)19(14-18)23(34)31-11-9-30(10-12-31)16-4-6-20(21(25)13-16)24(26,27)28/h4-7,13-14,17,29,33H,2-3,8-12,15H2,1H3. The third-order valence-electron chi connectivity index (χ3n) is 6.70. The van der Waals surface area contributed by atoms with Crippen LogP contribution in [0, 0.1) is 5.82 Å². The van der Waals surface area contributed by atoms with Gasteiger partial charge in [-0.3, -0.25) is 4.79 Å². The van der Waals surface area contributed by atoms with Crippen molar-refractivity contribution in [1.29, 1.82) is 0 Å². The van der Waals surface area contributed by atoms with Crippen LogP contribution in [0.2, 0.25) is 0 Å². The number of hydrogen-bond donors (Lipinski definition) is 2. The number of aliphatic hydroxyl groups excluding tert-OH is 1. The monoisotopic (exact) mass is 544 g/mol. The Kier molecular flexibility index (Phi) is 7.67. The largest absolute Gasteiger partial charge is 0.419 e. The SMILES string of the molecule is CNS(=O)(=O)c1ccc(N2CCCC(O)C2)c(C(=O)N2CCN(c3ccc(C(F)(F)F)c(F)c3)CC2)c1. The minimum absolute atomic E-state index is 0.0708. The van der Waals surface area contributed by atoms with Crippen LogP contribution in [0.4, 0.5) is 28.9 Å². The minimum Gasteiger partial charge on any atom is -0.391 e. The van der Waals surface area contributed by atoms with Crippen LogP contribution in [0.5, 0.6) is 0 Å². The summed E-state index contributed by atoms with van der Waals surface area (Å²) in [6.07, 6.45) is -4.00. The first-order chi connectivity index (χ1) is 17.4. The fraction of sp³-hybridized carbons (Fsp3) is 0.458. The van der Waals surface area contributed by atoms with Crippen molar-refractivity contribution in [3.8, 4) is 0 Å². The number of benzene rings is 2. The fourth-order valence-electron chi connectivity index (χ4n) is 4.69. The first-order valence-electron chi connectivity index (χ1n) is 11.8. The molecule has 2 heterocycles. The van der Waals surface area contributed by atoms with Crippen molar-refractivity contribution < 1.29 is 35.9 Å². The van der Waals surface area contributed by atoms with Crippen LogP contribution >= 0.6 is 0 Å². The highest BCUT2D eigenvalue weighted by atomic mass is 32.2. The molecule has 37 heavy (non-hydrogen) atoms. The van der Waals surface area contributed by atoms with Crippen molar-refractivity contribution in [2.75, 3.05) is 56.1 Å². The van der Waals surface area contributed by atoms with E-state index in [1.54, 1.807) is 11.0 Å².